The molecule has 0 radical (unpaired) electrons. The number of hydrogen-bond donors (Lipinski definition) is 4. The molecule has 0 saturated carbocycles. The number of hydrogen-bond acceptors (Lipinski definition) is 5. The fourth-order valence-corrected chi connectivity index (χ4v) is 1.43. The first-order chi connectivity index (χ1) is 9.06. The first kappa shape index (κ1) is 12.9. The second kappa shape index (κ2) is 5.40. The van der Waals surface area contributed by atoms with Crippen LogP contribution < -0.4 is 16.7 Å². The van der Waals surface area contributed by atoms with Crippen LogP contribution in [0.15, 0.2) is 39.0 Å². The minimum Gasteiger partial charge on any atom is -0.494 e. The van der Waals surface area contributed by atoms with Crippen LogP contribution in [0.25, 0.3) is 0 Å². The van der Waals surface area contributed by atoms with E-state index in [9.17, 15) is 14.7 Å². The molecule has 0 aliphatic carbocycles. The van der Waals surface area contributed by atoms with E-state index in [-0.39, 0.29) is 5.56 Å². The maximum absolute atomic E-state index is 11.4. The van der Waals surface area contributed by atoms with Crippen LogP contribution in [0, 0.1) is 0 Å². The molecule has 0 aliphatic rings. The molecule has 4 N–H and O–H groups in total. The molecule has 0 spiro atoms. The van der Waals surface area contributed by atoms with Gasteiger partial charge in [0, 0.05) is 5.02 Å². The number of H-pyrrole nitrogens is 2. The Morgan fingerprint density at radius 3 is 2.53 bits per heavy atom. The summed E-state index contributed by atoms with van der Waals surface area (Å²) in [7, 11) is 0. The Kier molecular flexibility index (Phi) is 3.67. The van der Waals surface area contributed by atoms with E-state index in [4.69, 9.17) is 11.6 Å². The van der Waals surface area contributed by atoms with Gasteiger partial charge >= 0.3 is 5.69 Å². The highest BCUT2D eigenvalue weighted by Crippen LogP contribution is 2.13. The zero-order valence-electron chi connectivity index (χ0n) is 9.48. The molecule has 7 nitrogen and oxygen atoms in total. The van der Waals surface area contributed by atoms with Gasteiger partial charge in [-0.2, -0.15) is 5.10 Å². The molecule has 2 rings (SSSR count). The number of hydrazone groups is 1. The highest BCUT2D eigenvalue weighted by molar-refractivity contribution is 6.30. The van der Waals surface area contributed by atoms with Gasteiger partial charge in [-0.25, -0.2) is 4.79 Å². The van der Waals surface area contributed by atoms with Crippen LogP contribution in [-0.2, 0) is 0 Å². The quantitative estimate of drug-likeness (QED) is 0.494. The van der Waals surface area contributed by atoms with Crippen molar-refractivity contribution in [2.75, 3.05) is 5.43 Å². The zero-order chi connectivity index (χ0) is 13.8. The first-order valence-corrected chi connectivity index (χ1v) is 5.54. The van der Waals surface area contributed by atoms with E-state index >= 15 is 0 Å². The predicted octanol–water partition coefficient (Wildman–Crippen LogP) is 0.868. The van der Waals surface area contributed by atoms with Crippen molar-refractivity contribution in [2.45, 2.75) is 0 Å². The Hall–Kier alpha value is -2.54. The third kappa shape index (κ3) is 3.23. The maximum atomic E-state index is 11.4. The summed E-state index contributed by atoms with van der Waals surface area (Å²) in [4.78, 5) is 26.2. The number of halogens is 1. The molecule has 0 atom stereocenters. The molecule has 8 heteroatoms. The molecule has 0 amide bonds. The monoisotopic (exact) mass is 280 g/mol. The fraction of sp³-hybridized carbons (Fsp3) is 0. The second-order valence-corrected chi connectivity index (χ2v) is 3.98. The average molecular weight is 281 g/mol. The van der Waals surface area contributed by atoms with Crippen LogP contribution in [0.3, 0.4) is 0 Å². The number of rotatable bonds is 3. The maximum Gasteiger partial charge on any atom is 0.328 e. The van der Waals surface area contributed by atoms with Crippen molar-refractivity contribution in [3.05, 3.63) is 55.7 Å². The highest BCUT2D eigenvalue weighted by Gasteiger charge is 2.04. The number of anilines is 1. The van der Waals surface area contributed by atoms with Crippen molar-refractivity contribution in [2.24, 2.45) is 5.10 Å². The lowest BCUT2D eigenvalue weighted by Crippen LogP contribution is -2.25. The molecule has 19 heavy (non-hydrogen) atoms. The topological polar surface area (TPSA) is 110 Å². The van der Waals surface area contributed by atoms with Gasteiger partial charge in [0.2, 0.25) is 5.88 Å². The zero-order valence-corrected chi connectivity index (χ0v) is 10.2. The van der Waals surface area contributed by atoms with Gasteiger partial charge in [-0.05, 0) is 24.3 Å². The smallest absolute Gasteiger partial charge is 0.328 e. The van der Waals surface area contributed by atoms with Crippen molar-refractivity contribution in [1.82, 2.24) is 9.97 Å². The van der Waals surface area contributed by atoms with Gasteiger partial charge in [0.25, 0.3) is 5.56 Å². The summed E-state index contributed by atoms with van der Waals surface area (Å²) >= 11 is 5.72. The molecule has 0 unspecified atom stereocenters. The van der Waals surface area contributed by atoms with Gasteiger partial charge in [0.05, 0.1) is 11.9 Å². The minimum absolute atomic E-state index is 0.152. The lowest BCUT2D eigenvalue weighted by atomic mass is 10.3. The molecule has 1 aromatic carbocycles. The summed E-state index contributed by atoms with van der Waals surface area (Å²) in [6.07, 6.45) is 1.10. The molecule has 0 aliphatic heterocycles. The normalized spacial score (nSPS) is 10.8. The average Bonchev–Trinajstić information content (AvgIpc) is 2.34. The van der Waals surface area contributed by atoms with E-state index in [1.165, 1.54) is 0 Å². The van der Waals surface area contributed by atoms with Gasteiger partial charge in [0.1, 0.15) is 5.56 Å². The van der Waals surface area contributed by atoms with E-state index in [1.807, 2.05) is 9.97 Å². The summed E-state index contributed by atoms with van der Waals surface area (Å²) in [5.74, 6) is -0.546. The van der Waals surface area contributed by atoms with Gasteiger partial charge in [-0.15, -0.1) is 0 Å². The summed E-state index contributed by atoms with van der Waals surface area (Å²) in [6.45, 7) is 0. The number of nitrogens with zero attached hydrogens (tertiary/aromatic N) is 1. The molecule has 2 aromatic rings. The number of aromatic nitrogens is 2. The lowest BCUT2D eigenvalue weighted by molar-refractivity contribution is 0.447. The van der Waals surface area contributed by atoms with Gasteiger partial charge < -0.3 is 5.11 Å². The Morgan fingerprint density at radius 2 is 1.89 bits per heavy atom. The number of nitrogens with one attached hydrogen (secondary N) is 3. The minimum atomic E-state index is -0.787. The number of aromatic hydroxyl groups is 1. The Labute approximate surface area is 111 Å². The van der Waals surface area contributed by atoms with Gasteiger partial charge in [0.15, 0.2) is 0 Å². The molecule has 1 heterocycles. The third-order valence-electron chi connectivity index (χ3n) is 2.19. The first-order valence-electron chi connectivity index (χ1n) is 5.16. The Morgan fingerprint density at radius 1 is 1.21 bits per heavy atom. The fourth-order valence-electron chi connectivity index (χ4n) is 1.30. The molecule has 0 fully saturated rings. The lowest BCUT2D eigenvalue weighted by Gasteiger charge is -2.00. The molecular formula is C11H9ClN4O3. The molecule has 0 saturated heterocycles. The van der Waals surface area contributed by atoms with Crippen molar-refractivity contribution < 1.29 is 5.11 Å². The Bertz CT molecular complexity index is 718. The predicted molar refractivity (Wildman–Crippen MR) is 72.0 cm³/mol. The highest BCUT2D eigenvalue weighted by atomic mass is 35.5. The Balaban J connectivity index is 2.18. The second-order valence-electron chi connectivity index (χ2n) is 3.55. The van der Waals surface area contributed by atoms with E-state index < -0.39 is 17.1 Å². The van der Waals surface area contributed by atoms with E-state index in [0.717, 1.165) is 6.21 Å². The van der Waals surface area contributed by atoms with E-state index in [1.54, 1.807) is 24.3 Å². The van der Waals surface area contributed by atoms with Crippen molar-refractivity contribution in [3.8, 4) is 5.88 Å². The summed E-state index contributed by atoms with van der Waals surface area (Å²) in [5.41, 5.74) is 1.63. The summed E-state index contributed by atoms with van der Waals surface area (Å²) in [6, 6.07) is 6.72. The van der Waals surface area contributed by atoms with Gasteiger partial charge in [-0.3, -0.25) is 20.2 Å². The van der Waals surface area contributed by atoms with Crippen molar-refractivity contribution >= 4 is 23.5 Å². The standard InChI is InChI=1S/C11H9ClN4O3/c12-6-1-3-7(4-2-6)16-13-5-8-9(17)14-11(19)15-10(8)18/h1-5,16H,(H3,14,15,17,18,19)/b13-5+. The van der Waals surface area contributed by atoms with Crippen LogP contribution in [0.1, 0.15) is 5.56 Å². The number of aromatic amines is 2. The van der Waals surface area contributed by atoms with Gasteiger partial charge in [-0.1, -0.05) is 11.6 Å². The summed E-state index contributed by atoms with van der Waals surface area (Å²) in [5, 5.41) is 13.8. The van der Waals surface area contributed by atoms with E-state index in [2.05, 4.69) is 10.5 Å². The van der Waals surface area contributed by atoms with Crippen LogP contribution in [0.5, 0.6) is 5.88 Å². The molecule has 98 valence electrons. The largest absolute Gasteiger partial charge is 0.494 e. The molecule has 0 bridgehead atoms. The van der Waals surface area contributed by atoms with Crippen LogP contribution in [-0.4, -0.2) is 21.3 Å². The van der Waals surface area contributed by atoms with Crippen molar-refractivity contribution in [3.63, 3.8) is 0 Å². The third-order valence-corrected chi connectivity index (χ3v) is 2.44. The summed E-state index contributed by atoms with van der Waals surface area (Å²) < 4.78 is 0. The molecule has 1 aromatic heterocycles. The van der Waals surface area contributed by atoms with E-state index in [0.29, 0.717) is 10.7 Å². The van der Waals surface area contributed by atoms with Crippen LogP contribution >= 0.6 is 11.6 Å². The van der Waals surface area contributed by atoms with Crippen LogP contribution in [0.4, 0.5) is 5.69 Å². The SMILES string of the molecule is O=c1[nH]c(O)c(/C=N/Nc2ccc(Cl)cc2)c(=O)[nH]1. The number of benzene rings is 1. The molecular weight excluding hydrogens is 272 g/mol. The van der Waals surface area contributed by atoms with Crippen LogP contribution in [0.2, 0.25) is 5.02 Å². The van der Waals surface area contributed by atoms with Crippen molar-refractivity contribution in [1.29, 1.82) is 0 Å².